The SMILES string of the molecule is CSc1n[nH]c2ncnc(N(C)Cc3ccccc3F)c12. The number of fused-ring (bicyclic) bond motifs is 1. The molecule has 0 fully saturated rings. The molecule has 7 heteroatoms. The Bertz CT molecular complexity index is 773. The number of halogens is 1. The Morgan fingerprint density at radius 2 is 2.10 bits per heavy atom. The van der Waals surface area contributed by atoms with Crippen molar-refractivity contribution in [1.29, 1.82) is 0 Å². The van der Waals surface area contributed by atoms with Gasteiger partial charge in [0.2, 0.25) is 0 Å². The van der Waals surface area contributed by atoms with Crippen LogP contribution in [0.1, 0.15) is 5.56 Å². The predicted molar refractivity (Wildman–Crippen MR) is 82.0 cm³/mol. The van der Waals surface area contributed by atoms with Gasteiger partial charge in [-0.05, 0) is 12.3 Å². The fourth-order valence-electron chi connectivity index (χ4n) is 2.21. The van der Waals surface area contributed by atoms with Crippen molar-refractivity contribution in [2.75, 3.05) is 18.2 Å². The predicted octanol–water partition coefficient (Wildman–Crippen LogP) is 2.85. The maximum Gasteiger partial charge on any atom is 0.161 e. The molecule has 0 radical (unpaired) electrons. The summed E-state index contributed by atoms with van der Waals surface area (Å²) in [5, 5.41) is 8.80. The summed E-state index contributed by atoms with van der Waals surface area (Å²) < 4.78 is 13.8. The molecule has 1 aromatic carbocycles. The lowest BCUT2D eigenvalue weighted by Gasteiger charge is -2.19. The second-order valence-electron chi connectivity index (χ2n) is 4.60. The smallest absolute Gasteiger partial charge is 0.161 e. The van der Waals surface area contributed by atoms with E-state index in [0.29, 0.717) is 17.8 Å². The highest BCUT2D eigenvalue weighted by Crippen LogP contribution is 2.30. The van der Waals surface area contributed by atoms with Gasteiger partial charge in [0.15, 0.2) is 5.65 Å². The lowest BCUT2D eigenvalue weighted by atomic mass is 10.2. The van der Waals surface area contributed by atoms with Gasteiger partial charge in [0.1, 0.15) is 23.0 Å². The van der Waals surface area contributed by atoms with Crippen LogP contribution in [0.15, 0.2) is 35.6 Å². The van der Waals surface area contributed by atoms with Gasteiger partial charge in [0, 0.05) is 19.2 Å². The van der Waals surface area contributed by atoms with Crippen molar-refractivity contribution in [3.05, 3.63) is 42.0 Å². The maximum atomic E-state index is 13.8. The monoisotopic (exact) mass is 303 g/mol. The average Bonchev–Trinajstić information content (AvgIpc) is 2.92. The van der Waals surface area contributed by atoms with Crippen LogP contribution in [0.3, 0.4) is 0 Å². The third-order valence-electron chi connectivity index (χ3n) is 3.22. The molecule has 3 rings (SSSR count). The molecule has 21 heavy (non-hydrogen) atoms. The van der Waals surface area contributed by atoms with Crippen molar-refractivity contribution in [1.82, 2.24) is 20.2 Å². The van der Waals surface area contributed by atoms with Crippen LogP contribution in [0, 0.1) is 5.82 Å². The van der Waals surface area contributed by atoms with Crippen molar-refractivity contribution in [3.8, 4) is 0 Å². The quantitative estimate of drug-likeness (QED) is 0.751. The number of anilines is 1. The molecule has 5 nitrogen and oxygen atoms in total. The number of aromatic nitrogens is 4. The lowest BCUT2D eigenvalue weighted by Crippen LogP contribution is -2.19. The molecule has 2 heterocycles. The second-order valence-corrected chi connectivity index (χ2v) is 5.40. The summed E-state index contributed by atoms with van der Waals surface area (Å²) in [6.45, 7) is 0.428. The molecule has 0 unspecified atom stereocenters. The van der Waals surface area contributed by atoms with Gasteiger partial charge < -0.3 is 4.90 Å². The summed E-state index contributed by atoms with van der Waals surface area (Å²) in [6, 6.07) is 6.75. The number of hydrogen-bond donors (Lipinski definition) is 1. The molecular weight excluding hydrogens is 289 g/mol. The van der Waals surface area contributed by atoms with Crippen LogP contribution in [-0.4, -0.2) is 33.5 Å². The number of H-pyrrole nitrogens is 1. The van der Waals surface area contributed by atoms with Crippen molar-refractivity contribution < 1.29 is 4.39 Å². The summed E-state index contributed by atoms with van der Waals surface area (Å²) in [4.78, 5) is 10.4. The minimum atomic E-state index is -0.216. The summed E-state index contributed by atoms with van der Waals surface area (Å²) >= 11 is 1.52. The van der Waals surface area contributed by atoms with Crippen molar-refractivity contribution in [2.45, 2.75) is 11.6 Å². The molecule has 3 aromatic rings. The minimum absolute atomic E-state index is 0.216. The number of nitrogens with one attached hydrogen (secondary N) is 1. The standard InChI is InChI=1S/C14H14FN5S/c1-20(7-9-5-3-4-6-10(9)15)13-11-12(16-8-17-13)18-19-14(11)21-2/h3-6,8H,7H2,1-2H3,(H,16,17,18,19). The molecule has 0 saturated carbocycles. The lowest BCUT2D eigenvalue weighted by molar-refractivity contribution is 0.607. The zero-order valence-corrected chi connectivity index (χ0v) is 12.5. The van der Waals surface area contributed by atoms with E-state index < -0.39 is 0 Å². The first-order chi connectivity index (χ1) is 10.2. The number of hydrogen-bond acceptors (Lipinski definition) is 5. The molecule has 0 aliphatic heterocycles. The van der Waals surface area contributed by atoms with Crippen LogP contribution in [0.4, 0.5) is 10.2 Å². The van der Waals surface area contributed by atoms with Gasteiger partial charge in [0.25, 0.3) is 0 Å². The Hall–Kier alpha value is -2.15. The molecule has 0 spiro atoms. The fourth-order valence-corrected chi connectivity index (χ4v) is 2.74. The molecule has 2 aromatic heterocycles. The molecule has 0 aliphatic rings. The number of nitrogens with zero attached hydrogens (tertiary/aromatic N) is 4. The van der Waals surface area contributed by atoms with Gasteiger partial charge in [-0.2, -0.15) is 5.10 Å². The van der Waals surface area contributed by atoms with Crippen LogP contribution in [0.25, 0.3) is 11.0 Å². The molecule has 0 aliphatic carbocycles. The maximum absolute atomic E-state index is 13.8. The van der Waals surface area contributed by atoms with E-state index in [2.05, 4.69) is 20.2 Å². The largest absolute Gasteiger partial charge is 0.354 e. The first kappa shape index (κ1) is 13.8. The minimum Gasteiger partial charge on any atom is -0.354 e. The normalized spacial score (nSPS) is 11.0. The topological polar surface area (TPSA) is 57.7 Å². The fraction of sp³-hybridized carbons (Fsp3) is 0.214. The molecule has 0 saturated heterocycles. The Morgan fingerprint density at radius 1 is 1.29 bits per heavy atom. The average molecular weight is 303 g/mol. The van der Waals surface area contributed by atoms with Crippen LogP contribution < -0.4 is 4.90 Å². The summed E-state index contributed by atoms with van der Waals surface area (Å²) in [6.07, 6.45) is 3.43. The third kappa shape index (κ3) is 2.56. The first-order valence-electron chi connectivity index (χ1n) is 6.38. The van der Waals surface area contributed by atoms with E-state index in [9.17, 15) is 4.39 Å². The van der Waals surface area contributed by atoms with Gasteiger partial charge in [-0.15, -0.1) is 11.8 Å². The highest BCUT2D eigenvalue weighted by molar-refractivity contribution is 7.98. The summed E-state index contributed by atoms with van der Waals surface area (Å²) in [5.74, 6) is 0.522. The van der Waals surface area contributed by atoms with Crippen molar-refractivity contribution in [3.63, 3.8) is 0 Å². The van der Waals surface area contributed by atoms with E-state index in [1.807, 2.05) is 24.3 Å². The van der Waals surface area contributed by atoms with E-state index in [4.69, 9.17) is 0 Å². The molecule has 1 N–H and O–H groups in total. The van der Waals surface area contributed by atoms with Gasteiger partial charge >= 0.3 is 0 Å². The van der Waals surface area contributed by atoms with E-state index in [-0.39, 0.29) is 5.82 Å². The van der Waals surface area contributed by atoms with Gasteiger partial charge in [0.05, 0.1) is 5.39 Å². The number of benzene rings is 1. The van der Waals surface area contributed by atoms with Crippen LogP contribution in [0.2, 0.25) is 0 Å². The Morgan fingerprint density at radius 3 is 2.86 bits per heavy atom. The van der Waals surface area contributed by atoms with E-state index in [1.165, 1.54) is 24.2 Å². The van der Waals surface area contributed by atoms with Crippen LogP contribution in [0.5, 0.6) is 0 Å². The van der Waals surface area contributed by atoms with E-state index in [1.54, 1.807) is 12.1 Å². The third-order valence-corrected chi connectivity index (χ3v) is 3.91. The molecular formula is C14H14FN5S. The summed E-state index contributed by atoms with van der Waals surface area (Å²) in [5.41, 5.74) is 1.31. The van der Waals surface area contributed by atoms with Gasteiger partial charge in [-0.25, -0.2) is 14.4 Å². The van der Waals surface area contributed by atoms with Gasteiger partial charge in [-0.3, -0.25) is 5.10 Å². The first-order valence-corrected chi connectivity index (χ1v) is 7.60. The van der Waals surface area contributed by atoms with E-state index >= 15 is 0 Å². The Kier molecular flexibility index (Phi) is 3.74. The second kappa shape index (κ2) is 5.69. The highest BCUT2D eigenvalue weighted by Gasteiger charge is 2.16. The Labute approximate surface area is 125 Å². The molecule has 108 valence electrons. The van der Waals surface area contributed by atoms with Crippen molar-refractivity contribution >= 4 is 28.6 Å². The van der Waals surface area contributed by atoms with Crippen molar-refractivity contribution in [2.24, 2.45) is 0 Å². The molecule has 0 bridgehead atoms. The van der Waals surface area contributed by atoms with E-state index in [0.717, 1.165) is 16.2 Å². The number of rotatable bonds is 4. The van der Waals surface area contributed by atoms with Gasteiger partial charge in [-0.1, -0.05) is 18.2 Å². The number of aromatic amines is 1. The zero-order chi connectivity index (χ0) is 14.8. The van der Waals surface area contributed by atoms with Crippen LogP contribution in [-0.2, 0) is 6.54 Å². The highest BCUT2D eigenvalue weighted by atomic mass is 32.2. The zero-order valence-electron chi connectivity index (χ0n) is 11.7. The summed E-state index contributed by atoms with van der Waals surface area (Å²) in [7, 11) is 1.88. The molecule has 0 atom stereocenters. The van der Waals surface area contributed by atoms with Crippen LogP contribution >= 0.6 is 11.8 Å². The number of thioether (sulfide) groups is 1. The Balaban J connectivity index is 2.00. The molecule has 0 amide bonds.